The lowest BCUT2D eigenvalue weighted by atomic mass is 10.1. The molecule has 0 amide bonds. The summed E-state index contributed by atoms with van der Waals surface area (Å²) in [5.41, 5.74) is 2.13. The van der Waals surface area contributed by atoms with Crippen molar-refractivity contribution in [2.75, 3.05) is 12.4 Å². The van der Waals surface area contributed by atoms with Crippen molar-refractivity contribution in [1.29, 1.82) is 5.26 Å². The molecule has 106 valence electrons. The molecule has 0 radical (unpaired) electrons. The van der Waals surface area contributed by atoms with Crippen LogP contribution < -0.4 is 10.1 Å². The van der Waals surface area contributed by atoms with E-state index in [0.29, 0.717) is 17.8 Å². The molecular formula is C15H13N3O3. The molecule has 0 atom stereocenters. The van der Waals surface area contributed by atoms with Crippen LogP contribution in [0.2, 0.25) is 0 Å². The first kappa shape index (κ1) is 14.3. The summed E-state index contributed by atoms with van der Waals surface area (Å²) in [5, 5.41) is 22.8. The molecule has 2 aromatic carbocycles. The summed E-state index contributed by atoms with van der Waals surface area (Å²) in [5.74, 6) is 0.226. The standard InChI is InChI=1S/C15H13N3O3/c1-21-15-7-6-13(8-14(15)18(19)20)17-10-12-4-2-11(9-16)3-5-12/h2-8,17H,10H2,1H3. The first-order chi connectivity index (χ1) is 10.1. The van der Waals surface area contributed by atoms with Gasteiger partial charge in [0.15, 0.2) is 5.75 Å². The van der Waals surface area contributed by atoms with E-state index in [1.54, 1.807) is 24.3 Å². The number of hydrogen-bond donors (Lipinski definition) is 1. The monoisotopic (exact) mass is 283 g/mol. The van der Waals surface area contributed by atoms with E-state index in [2.05, 4.69) is 11.4 Å². The largest absolute Gasteiger partial charge is 0.490 e. The van der Waals surface area contributed by atoms with E-state index in [-0.39, 0.29) is 11.4 Å². The third-order valence-corrected chi connectivity index (χ3v) is 2.96. The first-order valence-electron chi connectivity index (χ1n) is 6.19. The van der Waals surface area contributed by atoms with Gasteiger partial charge in [-0.1, -0.05) is 12.1 Å². The zero-order chi connectivity index (χ0) is 15.2. The quantitative estimate of drug-likeness (QED) is 0.673. The van der Waals surface area contributed by atoms with Crippen LogP contribution in [0.5, 0.6) is 5.75 Å². The molecule has 0 aliphatic rings. The molecule has 2 rings (SSSR count). The predicted octanol–water partition coefficient (Wildman–Crippen LogP) is 3.09. The Labute approximate surface area is 121 Å². The minimum atomic E-state index is -0.480. The van der Waals surface area contributed by atoms with Crippen molar-refractivity contribution in [2.24, 2.45) is 0 Å². The number of ether oxygens (including phenoxy) is 1. The number of rotatable bonds is 5. The molecule has 21 heavy (non-hydrogen) atoms. The number of nitro benzene ring substituents is 1. The minimum Gasteiger partial charge on any atom is -0.490 e. The lowest BCUT2D eigenvalue weighted by Gasteiger charge is -2.08. The molecule has 1 N–H and O–H groups in total. The molecule has 6 nitrogen and oxygen atoms in total. The van der Waals surface area contributed by atoms with Gasteiger partial charge in [0.25, 0.3) is 0 Å². The van der Waals surface area contributed by atoms with E-state index < -0.39 is 4.92 Å². The Hall–Kier alpha value is -3.07. The van der Waals surface area contributed by atoms with E-state index in [0.717, 1.165) is 5.56 Å². The zero-order valence-corrected chi connectivity index (χ0v) is 11.4. The summed E-state index contributed by atoms with van der Waals surface area (Å²) in [6.45, 7) is 0.509. The maximum atomic E-state index is 10.9. The van der Waals surface area contributed by atoms with Gasteiger partial charge in [0.05, 0.1) is 23.7 Å². The number of nitro groups is 1. The highest BCUT2D eigenvalue weighted by atomic mass is 16.6. The Balaban J connectivity index is 2.11. The summed E-state index contributed by atoms with van der Waals surface area (Å²) < 4.78 is 4.95. The summed E-state index contributed by atoms with van der Waals surface area (Å²) in [6, 6.07) is 13.9. The summed E-state index contributed by atoms with van der Waals surface area (Å²) in [7, 11) is 1.40. The number of nitrogens with zero attached hydrogens (tertiary/aromatic N) is 2. The molecule has 0 bridgehead atoms. The van der Waals surface area contributed by atoms with Gasteiger partial charge in [-0.2, -0.15) is 5.26 Å². The number of methoxy groups -OCH3 is 1. The van der Waals surface area contributed by atoms with Crippen molar-refractivity contribution in [3.05, 3.63) is 63.7 Å². The van der Waals surface area contributed by atoms with Crippen molar-refractivity contribution in [3.8, 4) is 11.8 Å². The molecule has 0 aliphatic carbocycles. The van der Waals surface area contributed by atoms with E-state index in [1.165, 1.54) is 13.2 Å². The smallest absolute Gasteiger partial charge is 0.312 e. The van der Waals surface area contributed by atoms with Gasteiger partial charge in [-0.15, -0.1) is 0 Å². The van der Waals surface area contributed by atoms with E-state index in [4.69, 9.17) is 10.00 Å². The number of anilines is 1. The molecule has 0 fully saturated rings. The van der Waals surface area contributed by atoms with Crippen LogP contribution >= 0.6 is 0 Å². The van der Waals surface area contributed by atoms with Crippen LogP contribution in [-0.4, -0.2) is 12.0 Å². The SMILES string of the molecule is COc1ccc(NCc2ccc(C#N)cc2)cc1[N+](=O)[O-]. The normalized spacial score (nSPS) is 9.71. The maximum absolute atomic E-state index is 10.9. The van der Waals surface area contributed by atoms with Gasteiger partial charge >= 0.3 is 5.69 Å². The van der Waals surface area contributed by atoms with Crippen LogP contribution in [0, 0.1) is 21.4 Å². The second-order valence-electron chi connectivity index (χ2n) is 4.31. The fourth-order valence-electron chi connectivity index (χ4n) is 1.84. The molecule has 6 heteroatoms. The van der Waals surface area contributed by atoms with Gasteiger partial charge in [0.2, 0.25) is 0 Å². The Morgan fingerprint density at radius 1 is 1.29 bits per heavy atom. The third kappa shape index (κ3) is 3.48. The zero-order valence-electron chi connectivity index (χ0n) is 11.4. The molecule has 0 unspecified atom stereocenters. The molecule has 0 aliphatic heterocycles. The second-order valence-corrected chi connectivity index (χ2v) is 4.31. The number of hydrogen-bond acceptors (Lipinski definition) is 5. The summed E-state index contributed by atoms with van der Waals surface area (Å²) >= 11 is 0. The molecule has 0 spiro atoms. The maximum Gasteiger partial charge on any atom is 0.312 e. The van der Waals surface area contributed by atoms with E-state index >= 15 is 0 Å². The highest BCUT2D eigenvalue weighted by Gasteiger charge is 2.14. The number of nitrogens with one attached hydrogen (secondary N) is 1. The van der Waals surface area contributed by atoms with Crippen LogP contribution in [-0.2, 0) is 6.54 Å². The van der Waals surface area contributed by atoms with Crippen molar-refractivity contribution in [2.45, 2.75) is 6.54 Å². The first-order valence-corrected chi connectivity index (χ1v) is 6.19. The van der Waals surface area contributed by atoms with Crippen molar-refractivity contribution < 1.29 is 9.66 Å². The summed E-state index contributed by atoms with van der Waals surface area (Å²) in [4.78, 5) is 10.5. The van der Waals surface area contributed by atoms with Gasteiger partial charge in [0.1, 0.15) is 0 Å². The van der Waals surface area contributed by atoms with Crippen LogP contribution in [0.1, 0.15) is 11.1 Å². The Morgan fingerprint density at radius 3 is 2.57 bits per heavy atom. The highest BCUT2D eigenvalue weighted by molar-refractivity contribution is 5.58. The summed E-state index contributed by atoms with van der Waals surface area (Å²) in [6.07, 6.45) is 0. The van der Waals surface area contributed by atoms with Gasteiger partial charge in [-0.05, 0) is 29.8 Å². The lowest BCUT2D eigenvalue weighted by Crippen LogP contribution is -2.01. The molecule has 0 saturated heterocycles. The van der Waals surface area contributed by atoms with Gasteiger partial charge in [-0.25, -0.2) is 0 Å². The van der Waals surface area contributed by atoms with E-state index in [1.807, 2.05) is 12.1 Å². The lowest BCUT2D eigenvalue weighted by molar-refractivity contribution is -0.385. The van der Waals surface area contributed by atoms with Crippen LogP contribution in [0.3, 0.4) is 0 Å². The molecule has 0 saturated carbocycles. The predicted molar refractivity (Wildman–Crippen MR) is 78.1 cm³/mol. The molecular weight excluding hydrogens is 270 g/mol. The fourth-order valence-corrected chi connectivity index (χ4v) is 1.84. The van der Waals surface area contributed by atoms with Gasteiger partial charge < -0.3 is 10.1 Å². The molecule has 0 aromatic heterocycles. The average molecular weight is 283 g/mol. The topological polar surface area (TPSA) is 88.2 Å². The Morgan fingerprint density at radius 2 is 2.00 bits per heavy atom. The van der Waals surface area contributed by atoms with Crippen LogP contribution in [0.15, 0.2) is 42.5 Å². The molecule has 0 heterocycles. The number of benzene rings is 2. The van der Waals surface area contributed by atoms with E-state index in [9.17, 15) is 10.1 Å². The third-order valence-electron chi connectivity index (χ3n) is 2.96. The fraction of sp³-hybridized carbons (Fsp3) is 0.133. The van der Waals surface area contributed by atoms with Crippen LogP contribution in [0.25, 0.3) is 0 Å². The highest BCUT2D eigenvalue weighted by Crippen LogP contribution is 2.29. The van der Waals surface area contributed by atoms with Gasteiger partial charge in [-0.3, -0.25) is 10.1 Å². The minimum absolute atomic E-state index is 0.0812. The Kier molecular flexibility index (Phi) is 4.36. The molecule has 2 aromatic rings. The Bertz CT molecular complexity index is 690. The van der Waals surface area contributed by atoms with Crippen molar-refractivity contribution >= 4 is 11.4 Å². The number of nitriles is 1. The van der Waals surface area contributed by atoms with Crippen molar-refractivity contribution in [3.63, 3.8) is 0 Å². The average Bonchev–Trinajstić information content (AvgIpc) is 2.53. The van der Waals surface area contributed by atoms with Crippen molar-refractivity contribution in [1.82, 2.24) is 0 Å². The second kappa shape index (κ2) is 6.39. The van der Waals surface area contributed by atoms with Crippen LogP contribution in [0.4, 0.5) is 11.4 Å². The van der Waals surface area contributed by atoms with Gasteiger partial charge in [0, 0.05) is 18.3 Å².